The van der Waals surface area contributed by atoms with Crippen molar-refractivity contribution >= 4 is 39.2 Å². The molecule has 0 radical (unpaired) electrons. The van der Waals surface area contributed by atoms with Gasteiger partial charge in [0.05, 0.1) is 11.9 Å². The number of primary amides is 1. The van der Waals surface area contributed by atoms with E-state index in [-0.39, 0.29) is 17.7 Å². The van der Waals surface area contributed by atoms with Crippen molar-refractivity contribution in [2.75, 3.05) is 32.0 Å². The number of nitrogens with zero attached hydrogens (tertiary/aromatic N) is 4. The van der Waals surface area contributed by atoms with Crippen LogP contribution in [0.1, 0.15) is 55.4 Å². The summed E-state index contributed by atoms with van der Waals surface area (Å²) in [5, 5.41) is 4.78. The Labute approximate surface area is 198 Å². The molecule has 178 valence electrons. The standard InChI is InChI=1S/C24H34N6O2S/c1-29(13-20(31)30-10-2-3-11-30)17-7-5-16(6-8-17)28-23-21-18-12-15(22(25)32)4-9-19(18)33-24(21)27-14-26-23/h14-17H,2-13H2,1H3,(H2,25,32)(H,26,27,28)/t15-,16?,17?/m1/s1. The number of fused-ring (bicyclic) bond motifs is 3. The number of likely N-dealkylation sites (tertiary alicyclic amines) is 1. The van der Waals surface area contributed by atoms with Crippen LogP contribution in [0.25, 0.3) is 10.2 Å². The van der Waals surface area contributed by atoms with E-state index in [1.54, 1.807) is 17.7 Å². The normalized spacial score (nSPS) is 25.4. The fourth-order valence-corrected chi connectivity index (χ4v) is 6.91. The van der Waals surface area contributed by atoms with Crippen molar-refractivity contribution in [1.82, 2.24) is 19.8 Å². The van der Waals surface area contributed by atoms with E-state index in [0.717, 1.165) is 80.5 Å². The summed E-state index contributed by atoms with van der Waals surface area (Å²) >= 11 is 1.72. The molecule has 3 heterocycles. The zero-order chi connectivity index (χ0) is 22.9. The number of carbonyl (C=O) groups is 2. The number of hydrogen-bond acceptors (Lipinski definition) is 7. The minimum absolute atomic E-state index is 0.0994. The van der Waals surface area contributed by atoms with Crippen LogP contribution in [0.3, 0.4) is 0 Å². The van der Waals surface area contributed by atoms with Crippen LogP contribution in [0.2, 0.25) is 0 Å². The van der Waals surface area contributed by atoms with Gasteiger partial charge in [0, 0.05) is 36.0 Å². The molecule has 2 fully saturated rings. The Kier molecular flexibility index (Phi) is 6.51. The zero-order valence-electron chi connectivity index (χ0n) is 19.4. The van der Waals surface area contributed by atoms with Crippen molar-refractivity contribution in [3.05, 3.63) is 16.8 Å². The summed E-state index contributed by atoms with van der Waals surface area (Å²) in [6, 6.07) is 0.804. The van der Waals surface area contributed by atoms with Gasteiger partial charge in [0.2, 0.25) is 11.8 Å². The molecule has 2 aromatic rings. The van der Waals surface area contributed by atoms with Gasteiger partial charge in [0.1, 0.15) is 17.0 Å². The van der Waals surface area contributed by atoms with Crippen LogP contribution in [0.5, 0.6) is 0 Å². The summed E-state index contributed by atoms with van der Waals surface area (Å²) < 4.78 is 0. The number of aromatic nitrogens is 2. The summed E-state index contributed by atoms with van der Waals surface area (Å²) in [6.45, 7) is 2.36. The van der Waals surface area contributed by atoms with Gasteiger partial charge in [-0.15, -0.1) is 11.3 Å². The first-order valence-corrected chi connectivity index (χ1v) is 13.1. The maximum Gasteiger partial charge on any atom is 0.236 e. The molecule has 3 N–H and O–H groups in total. The molecule has 2 amide bonds. The number of carbonyl (C=O) groups excluding carboxylic acids is 2. The van der Waals surface area contributed by atoms with E-state index in [9.17, 15) is 9.59 Å². The third kappa shape index (κ3) is 4.71. The number of nitrogens with two attached hydrogens (primary N) is 1. The summed E-state index contributed by atoms with van der Waals surface area (Å²) in [7, 11) is 2.09. The molecule has 5 rings (SSSR count). The molecular weight excluding hydrogens is 436 g/mol. The Morgan fingerprint density at radius 3 is 2.67 bits per heavy atom. The minimum Gasteiger partial charge on any atom is -0.369 e. The molecule has 33 heavy (non-hydrogen) atoms. The lowest BCUT2D eigenvalue weighted by atomic mass is 9.86. The van der Waals surface area contributed by atoms with Gasteiger partial charge in [-0.3, -0.25) is 14.5 Å². The van der Waals surface area contributed by atoms with Crippen molar-refractivity contribution in [2.45, 2.75) is 69.9 Å². The number of likely N-dealkylation sites (N-methyl/N-ethyl adjacent to an activating group) is 1. The van der Waals surface area contributed by atoms with E-state index in [2.05, 4.69) is 27.2 Å². The third-order valence-electron chi connectivity index (χ3n) is 7.75. The Morgan fingerprint density at radius 2 is 1.94 bits per heavy atom. The van der Waals surface area contributed by atoms with Gasteiger partial charge >= 0.3 is 0 Å². The van der Waals surface area contributed by atoms with Crippen LogP contribution in [0.15, 0.2) is 6.33 Å². The zero-order valence-corrected chi connectivity index (χ0v) is 20.2. The van der Waals surface area contributed by atoms with E-state index in [0.29, 0.717) is 25.0 Å². The topological polar surface area (TPSA) is 104 Å². The SMILES string of the molecule is CN(CC(=O)N1CCCC1)C1CCC(Nc2ncnc3sc4c(c23)C[C@H](C(N)=O)CC4)CC1. The highest BCUT2D eigenvalue weighted by Crippen LogP contribution is 2.40. The average molecular weight is 471 g/mol. The quantitative estimate of drug-likeness (QED) is 0.672. The molecule has 1 atom stereocenters. The highest BCUT2D eigenvalue weighted by molar-refractivity contribution is 7.19. The molecule has 1 aliphatic heterocycles. The number of rotatable bonds is 6. The summed E-state index contributed by atoms with van der Waals surface area (Å²) in [5.74, 6) is 0.855. The molecular formula is C24H34N6O2S. The Bertz CT molecular complexity index is 1030. The predicted molar refractivity (Wildman–Crippen MR) is 130 cm³/mol. The van der Waals surface area contributed by atoms with Crippen LogP contribution in [0, 0.1) is 5.92 Å². The number of anilines is 1. The van der Waals surface area contributed by atoms with E-state index in [4.69, 9.17) is 5.73 Å². The van der Waals surface area contributed by atoms with Crippen molar-refractivity contribution in [3.63, 3.8) is 0 Å². The number of nitrogens with one attached hydrogen (secondary N) is 1. The largest absolute Gasteiger partial charge is 0.369 e. The van der Waals surface area contributed by atoms with Crippen molar-refractivity contribution in [1.29, 1.82) is 0 Å². The maximum absolute atomic E-state index is 12.5. The summed E-state index contributed by atoms with van der Waals surface area (Å²) in [5.41, 5.74) is 6.83. The molecule has 0 spiro atoms. The molecule has 1 saturated carbocycles. The highest BCUT2D eigenvalue weighted by atomic mass is 32.1. The van der Waals surface area contributed by atoms with Gasteiger partial charge in [0.15, 0.2) is 0 Å². The summed E-state index contributed by atoms with van der Waals surface area (Å²) in [6.07, 6.45) is 10.6. The molecule has 0 aromatic carbocycles. The second-order valence-corrected chi connectivity index (χ2v) is 11.0. The van der Waals surface area contributed by atoms with Gasteiger partial charge in [-0.25, -0.2) is 9.97 Å². The van der Waals surface area contributed by atoms with Gasteiger partial charge in [-0.05, 0) is 70.4 Å². The second-order valence-electron chi connectivity index (χ2n) is 9.90. The van der Waals surface area contributed by atoms with E-state index in [1.165, 1.54) is 10.4 Å². The average Bonchev–Trinajstić information content (AvgIpc) is 3.47. The fourth-order valence-electron chi connectivity index (χ4n) is 5.72. The van der Waals surface area contributed by atoms with Gasteiger partial charge in [-0.1, -0.05) is 0 Å². The van der Waals surface area contributed by atoms with Crippen LogP contribution in [0.4, 0.5) is 5.82 Å². The smallest absolute Gasteiger partial charge is 0.236 e. The van der Waals surface area contributed by atoms with Crippen LogP contribution < -0.4 is 11.1 Å². The molecule has 0 bridgehead atoms. The first-order chi connectivity index (χ1) is 16.0. The second kappa shape index (κ2) is 9.54. The molecule has 0 unspecified atom stereocenters. The lowest BCUT2D eigenvalue weighted by molar-refractivity contribution is -0.131. The van der Waals surface area contributed by atoms with E-state index >= 15 is 0 Å². The van der Waals surface area contributed by atoms with Gasteiger partial charge in [0.25, 0.3) is 0 Å². The first kappa shape index (κ1) is 22.5. The van der Waals surface area contributed by atoms with Crippen molar-refractivity contribution in [2.24, 2.45) is 11.7 Å². The molecule has 8 nitrogen and oxygen atoms in total. The number of thiophene rings is 1. The van der Waals surface area contributed by atoms with Crippen molar-refractivity contribution < 1.29 is 9.59 Å². The van der Waals surface area contributed by atoms with Gasteiger partial charge < -0.3 is 16.0 Å². The van der Waals surface area contributed by atoms with E-state index in [1.807, 2.05) is 4.90 Å². The van der Waals surface area contributed by atoms with Crippen LogP contribution in [-0.4, -0.2) is 70.3 Å². The molecule has 1 saturated heterocycles. The maximum atomic E-state index is 12.5. The van der Waals surface area contributed by atoms with Crippen molar-refractivity contribution in [3.8, 4) is 0 Å². The summed E-state index contributed by atoms with van der Waals surface area (Å²) in [4.78, 5) is 40.0. The lowest BCUT2D eigenvalue weighted by Gasteiger charge is -2.35. The first-order valence-electron chi connectivity index (χ1n) is 12.3. The van der Waals surface area contributed by atoms with E-state index < -0.39 is 0 Å². The molecule has 3 aliphatic rings. The Morgan fingerprint density at radius 1 is 1.18 bits per heavy atom. The molecule has 2 aromatic heterocycles. The number of amides is 2. The third-order valence-corrected chi connectivity index (χ3v) is 8.95. The van der Waals surface area contributed by atoms with Crippen LogP contribution >= 0.6 is 11.3 Å². The Balaban J connectivity index is 1.22. The predicted octanol–water partition coefficient (Wildman–Crippen LogP) is 2.56. The molecule has 9 heteroatoms. The minimum atomic E-state index is -0.211. The lowest BCUT2D eigenvalue weighted by Crippen LogP contribution is -2.44. The Hall–Kier alpha value is -2.26. The molecule has 2 aliphatic carbocycles. The van der Waals surface area contributed by atoms with Crippen LogP contribution in [-0.2, 0) is 22.4 Å². The van der Waals surface area contributed by atoms with Gasteiger partial charge in [-0.2, -0.15) is 0 Å². The number of aryl methyl sites for hydroxylation is 1. The number of hydrogen-bond donors (Lipinski definition) is 2. The fraction of sp³-hybridized carbons (Fsp3) is 0.667. The monoisotopic (exact) mass is 470 g/mol. The highest BCUT2D eigenvalue weighted by Gasteiger charge is 2.30.